The van der Waals surface area contributed by atoms with Crippen LogP contribution in [0.4, 0.5) is 10.5 Å². The van der Waals surface area contributed by atoms with Crippen LogP contribution in [0.1, 0.15) is 11.7 Å². The lowest BCUT2D eigenvalue weighted by molar-refractivity contribution is 0.175. The van der Waals surface area contributed by atoms with Crippen molar-refractivity contribution in [3.8, 4) is 11.1 Å². The van der Waals surface area contributed by atoms with Crippen LogP contribution in [-0.2, 0) is 0 Å². The van der Waals surface area contributed by atoms with Crippen LogP contribution in [0.5, 0.6) is 0 Å². The Morgan fingerprint density at radius 1 is 0.920 bits per heavy atom. The minimum Gasteiger partial charge on any atom is -0.387 e. The first-order valence-corrected chi connectivity index (χ1v) is 8.01. The molecule has 0 saturated heterocycles. The first-order valence-electron chi connectivity index (χ1n) is 8.01. The van der Waals surface area contributed by atoms with E-state index in [2.05, 4.69) is 15.6 Å². The van der Waals surface area contributed by atoms with E-state index in [0.29, 0.717) is 5.69 Å². The summed E-state index contributed by atoms with van der Waals surface area (Å²) in [6.45, 7) is 0.144. The summed E-state index contributed by atoms with van der Waals surface area (Å²) in [5.74, 6) is 0. The van der Waals surface area contributed by atoms with Crippen molar-refractivity contribution in [2.45, 2.75) is 6.10 Å². The van der Waals surface area contributed by atoms with Crippen molar-refractivity contribution in [2.24, 2.45) is 0 Å². The van der Waals surface area contributed by atoms with Crippen molar-refractivity contribution in [1.29, 1.82) is 0 Å². The highest BCUT2D eigenvalue weighted by molar-refractivity contribution is 5.89. The van der Waals surface area contributed by atoms with E-state index in [0.717, 1.165) is 16.7 Å². The lowest BCUT2D eigenvalue weighted by Crippen LogP contribution is -2.32. The molecule has 3 aromatic rings. The van der Waals surface area contributed by atoms with E-state index in [4.69, 9.17) is 0 Å². The number of urea groups is 1. The third-order valence-corrected chi connectivity index (χ3v) is 3.80. The molecular weight excluding hydrogens is 314 g/mol. The zero-order chi connectivity index (χ0) is 17.5. The number of rotatable bonds is 5. The Labute approximate surface area is 146 Å². The molecule has 5 heteroatoms. The van der Waals surface area contributed by atoms with Crippen LogP contribution in [-0.4, -0.2) is 22.7 Å². The number of nitrogens with zero attached hydrogens (tertiary/aromatic N) is 1. The molecule has 0 bridgehead atoms. The molecule has 0 unspecified atom stereocenters. The number of hydrogen-bond donors (Lipinski definition) is 3. The van der Waals surface area contributed by atoms with Gasteiger partial charge in [-0.05, 0) is 41.0 Å². The van der Waals surface area contributed by atoms with Crippen LogP contribution < -0.4 is 10.6 Å². The Bertz CT molecular complexity index is 805. The number of pyridine rings is 1. The number of aliphatic hydroxyl groups is 1. The van der Waals surface area contributed by atoms with Gasteiger partial charge in [-0.15, -0.1) is 0 Å². The topological polar surface area (TPSA) is 74.2 Å². The molecule has 25 heavy (non-hydrogen) atoms. The number of aliphatic hydroxyl groups excluding tert-OH is 1. The summed E-state index contributed by atoms with van der Waals surface area (Å²) in [4.78, 5) is 16.0. The molecule has 2 aromatic carbocycles. The fourth-order valence-electron chi connectivity index (χ4n) is 2.45. The van der Waals surface area contributed by atoms with Gasteiger partial charge in [0, 0.05) is 24.6 Å². The molecule has 1 aromatic heterocycles. The summed E-state index contributed by atoms with van der Waals surface area (Å²) >= 11 is 0. The van der Waals surface area contributed by atoms with E-state index in [9.17, 15) is 9.90 Å². The van der Waals surface area contributed by atoms with Crippen molar-refractivity contribution >= 4 is 11.7 Å². The van der Waals surface area contributed by atoms with E-state index in [1.165, 1.54) is 0 Å². The average Bonchev–Trinajstić information content (AvgIpc) is 2.68. The maximum atomic E-state index is 12.0. The van der Waals surface area contributed by atoms with Gasteiger partial charge in [0.2, 0.25) is 0 Å². The number of amides is 2. The van der Waals surface area contributed by atoms with E-state index in [-0.39, 0.29) is 12.6 Å². The van der Waals surface area contributed by atoms with Crippen LogP contribution in [0, 0.1) is 0 Å². The number of carbonyl (C=O) groups excluding carboxylic acids is 1. The van der Waals surface area contributed by atoms with Crippen molar-refractivity contribution in [2.75, 3.05) is 11.9 Å². The molecule has 1 atom stereocenters. The first-order chi connectivity index (χ1) is 12.2. The van der Waals surface area contributed by atoms with Gasteiger partial charge in [-0.2, -0.15) is 0 Å². The molecule has 0 fully saturated rings. The molecular formula is C20H19N3O2. The van der Waals surface area contributed by atoms with Gasteiger partial charge in [0.05, 0.1) is 6.10 Å². The molecule has 126 valence electrons. The third kappa shape index (κ3) is 4.65. The maximum absolute atomic E-state index is 12.0. The van der Waals surface area contributed by atoms with Gasteiger partial charge < -0.3 is 15.7 Å². The monoisotopic (exact) mass is 333 g/mol. The number of nitrogens with one attached hydrogen (secondary N) is 2. The summed E-state index contributed by atoms with van der Waals surface area (Å²) in [5, 5.41) is 15.5. The van der Waals surface area contributed by atoms with Gasteiger partial charge in [-0.25, -0.2) is 4.79 Å². The Kier molecular flexibility index (Phi) is 5.39. The van der Waals surface area contributed by atoms with Crippen LogP contribution >= 0.6 is 0 Å². The van der Waals surface area contributed by atoms with Crippen molar-refractivity contribution < 1.29 is 9.90 Å². The number of carbonyl (C=O) groups is 1. The third-order valence-electron chi connectivity index (χ3n) is 3.80. The van der Waals surface area contributed by atoms with Gasteiger partial charge >= 0.3 is 6.03 Å². The fourth-order valence-corrected chi connectivity index (χ4v) is 2.45. The number of benzene rings is 2. The Balaban J connectivity index is 1.53. The van der Waals surface area contributed by atoms with Crippen molar-refractivity contribution in [3.05, 3.63) is 84.7 Å². The summed E-state index contributed by atoms with van der Waals surface area (Å²) in [6, 6.07) is 20.3. The van der Waals surface area contributed by atoms with Crippen molar-refractivity contribution in [1.82, 2.24) is 10.3 Å². The molecule has 3 N–H and O–H groups in total. The summed E-state index contributed by atoms with van der Waals surface area (Å²) in [5.41, 5.74) is 3.57. The van der Waals surface area contributed by atoms with E-state index in [1.807, 2.05) is 66.7 Å². The SMILES string of the molecule is O=C(NC[C@@H](O)c1ccccc1)Nc1ccc(-c2ccncc2)cc1. The Hall–Kier alpha value is -3.18. The second-order valence-corrected chi connectivity index (χ2v) is 5.57. The van der Waals surface area contributed by atoms with Crippen LogP contribution in [0.25, 0.3) is 11.1 Å². The number of aromatic nitrogens is 1. The normalized spacial score (nSPS) is 11.6. The van der Waals surface area contributed by atoms with E-state index in [1.54, 1.807) is 12.4 Å². The highest BCUT2D eigenvalue weighted by Gasteiger charge is 2.09. The Morgan fingerprint density at radius 2 is 1.56 bits per heavy atom. The summed E-state index contributed by atoms with van der Waals surface area (Å²) in [6.07, 6.45) is 2.75. The quantitative estimate of drug-likeness (QED) is 0.668. The van der Waals surface area contributed by atoms with Gasteiger partial charge in [0.25, 0.3) is 0 Å². The van der Waals surface area contributed by atoms with Crippen LogP contribution in [0.3, 0.4) is 0 Å². The molecule has 0 saturated carbocycles. The second kappa shape index (κ2) is 8.08. The first kappa shape index (κ1) is 16.7. The number of hydrogen-bond acceptors (Lipinski definition) is 3. The highest BCUT2D eigenvalue weighted by atomic mass is 16.3. The molecule has 0 aliphatic rings. The van der Waals surface area contributed by atoms with Gasteiger partial charge in [-0.1, -0.05) is 42.5 Å². The zero-order valence-electron chi connectivity index (χ0n) is 13.6. The molecule has 0 aliphatic carbocycles. The van der Waals surface area contributed by atoms with E-state index >= 15 is 0 Å². The minimum atomic E-state index is -0.735. The fraction of sp³-hybridized carbons (Fsp3) is 0.100. The predicted molar refractivity (Wildman–Crippen MR) is 98.1 cm³/mol. The molecule has 1 heterocycles. The molecule has 0 spiro atoms. The number of anilines is 1. The average molecular weight is 333 g/mol. The standard InChI is InChI=1S/C20H19N3O2/c24-19(17-4-2-1-3-5-17)14-22-20(25)23-18-8-6-15(7-9-18)16-10-12-21-13-11-16/h1-13,19,24H,14H2,(H2,22,23,25)/t19-/m1/s1. The molecule has 2 amide bonds. The predicted octanol–water partition coefficient (Wildman–Crippen LogP) is 3.60. The summed E-state index contributed by atoms with van der Waals surface area (Å²) < 4.78 is 0. The lowest BCUT2D eigenvalue weighted by Gasteiger charge is -2.13. The van der Waals surface area contributed by atoms with Gasteiger partial charge in [0.15, 0.2) is 0 Å². The van der Waals surface area contributed by atoms with Crippen LogP contribution in [0.2, 0.25) is 0 Å². The van der Waals surface area contributed by atoms with Crippen molar-refractivity contribution in [3.63, 3.8) is 0 Å². The van der Waals surface area contributed by atoms with E-state index < -0.39 is 6.10 Å². The molecule has 0 radical (unpaired) electrons. The van der Waals surface area contributed by atoms with Gasteiger partial charge in [-0.3, -0.25) is 4.98 Å². The summed E-state index contributed by atoms with van der Waals surface area (Å²) in [7, 11) is 0. The highest BCUT2D eigenvalue weighted by Crippen LogP contribution is 2.20. The Morgan fingerprint density at radius 3 is 2.24 bits per heavy atom. The second-order valence-electron chi connectivity index (χ2n) is 5.57. The lowest BCUT2D eigenvalue weighted by atomic mass is 10.1. The van der Waals surface area contributed by atoms with Gasteiger partial charge in [0.1, 0.15) is 0 Å². The minimum absolute atomic E-state index is 0.144. The molecule has 0 aliphatic heterocycles. The smallest absolute Gasteiger partial charge is 0.319 e. The largest absolute Gasteiger partial charge is 0.387 e. The molecule has 3 rings (SSSR count). The zero-order valence-corrected chi connectivity index (χ0v) is 13.6. The molecule has 5 nitrogen and oxygen atoms in total. The van der Waals surface area contributed by atoms with Crippen LogP contribution in [0.15, 0.2) is 79.1 Å². The maximum Gasteiger partial charge on any atom is 0.319 e.